The number of carbonyl (C=O) groups excluding carboxylic acids is 1. The maximum atomic E-state index is 12.6. The van der Waals surface area contributed by atoms with Crippen LogP contribution in [0.4, 0.5) is 11.6 Å². The average Bonchev–Trinajstić information content (AvgIpc) is 2.90. The Morgan fingerprint density at radius 3 is 2.54 bits per heavy atom. The maximum Gasteiger partial charge on any atom is 0.234 e. The fourth-order valence-electron chi connectivity index (χ4n) is 4.92. The van der Waals surface area contributed by atoms with Crippen LogP contribution < -0.4 is 10.6 Å². The van der Waals surface area contributed by atoms with Crippen LogP contribution in [0.2, 0.25) is 0 Å². The summed E-state index contributed by atoms with van der Waals surface area (Å²) in [6.45, 7) is 10.4. The van der Waals surface area contributed by atoms with E-state index in [1.165, 1.54) is 5.56 Å². The number of benzene rings is 1. The Bertz CT molecular complexity index is 1180. The number of hydrogen-bond acceptors (Lipinski definition) is 8. The Hall–Kier alpha value is -3.40. The van der Waals surface area contributed by atoms with Crippen LogP contribution in [0, 0.1) is 0 Å². The lowest BCUT2D eigenvalue weighted by molar-refractivity contribution is -0.122. The van der Waals surface area contributed by atoms with E-state index in [1.807, 2.05) is 18.3 Å². The first-order valence-electron chi connectivity index (χ1n) is 13.2. The molecule has 7 heterocycles. The van der Waals surface area contributed by atoms with Gasteiger partial charge in [0.15, 0.2) is 0 Å². The predicted molar refractivity (Wildman–Crippen MR) is 145 cm³/mol. The molecule has 9 nitrogen and oxygen atoms in total. The third-order valence-corrected chi connectivity index (χ3v) is 6.87. The van der Waals surface area contributed by atoms with Crippen molar-refractivity contribution >= 4 is 17.5 Å². The zero-order valence-electron chi connectivity index (χ0n) is 21.6. The number of pyridine rings is 1. The summed E-state index contributed by atoms with van der Waals surface area (Å²) >= 11 is 0. The lowest BCUT2D eigenvalue weighted by Crippen LogP contribution is -2.49. The van der Waals surface area contributed by atoms with Gasteiger partial charge in [0.2, 0.25) is 11.9 Å². The topological polar surface area (TPSA) is 89.5 Å². The highest BCUT2D eigenvalue weighted by atomic mass is 16.2. The molecule has 0 radical (unpaired) electrons. The summed E-state index contributed by atoms with van der Waals surface area (Å²) in [6, 6.07) is 14.4. The van der Waals surface area contributed by atoms with E-state index in [-0.39, 0.29) is 5.91 Å². The van der Waals surface area contributed by atoms with E-state index >= 15 is 0 Å². The van der Waals surface area contributed by atoms with Gasteiger partial charge in [-0.15, -0.1) is 0 Å². The highest BCUT2D eigenvalue weighted by Gasteiger charge is 2.19. The van der Waals surface area contributed by atoms with E-state index in [0.29, 0.717) is 19.0 Å². The fourth-order valence-corrected chi connectivity index (χ4v) is 4.92. The van der Waals surface area contributed by atoms with Crippen LogP contribution in [0.3, 0.4) is 0 Å². The molecule has 0 atom stereocenters. The van der Waals surface area contributed by atoms with Gasteiger partial charge in [-0.3, -0.25) is 24.5 Å². The van der Waals surface area contributed by atoms with Crippen LogP contribution in [-0.2, 0) is 17.9 Å². The second kappa shape index (κ2) is 12.2. The van der Waals surface area contributed by atoms with Crippen molar-refractivity contribution in [2.75, 3.05) is 57.7 Å². The lowest BCUT2D eigenvalue weighted by Gasteiger charge is -2.34. The third kappa shape index (κ3) is 7.09. The molecule has 9 heteroatoms. The standard InChI is InChI=1S/C28H36N8O/c1-2-11-34-12-10-29-27(37)21-36-15-13-35(14-16-36)19-22-4-3-5-24(17-22)32-28-30-9-8-26(33-28)23-6-7-25(20-34)31-18-23/h3-9,17-18H,2,10-16,19-21H2,1H3,(H,29,37)(H,30,32,33). The molecule has 37 heavy (non-hydrogen) atoms. The molecule has 2 aromatic heterocycles. The maximum absolute atomic E-state index is 12.6. The first kappa shape index (κ1) is 25.3. The van der Waals surface area contributed by atoms with E-state index in [2.05, 4.69) is 67.6 Å². The minimum atomic E-state index is 0.104. The van der Waals surface area contributed by atoms with Crippen LogP contribution in [-0.4, -0.2) is 87.9 Å². The SMILES string of the molecule is CCCN1CCNC(=O)CN2CCN(CC2)Cc2cccc(c2)Nc2nccc(n2)-c2ccc(nc2)C1. The van der Waals surface area contributed by atoms with Gasteiger partial charge in [0.05, 0.1) is 17.9 Å². The van der Waals surface area contributed by atoms with Crippen molar-refractivity contribution in [3.8, 4) is 11.3 Å². The summed E-state index contributed by atoms with van der Waals surface area (Å²) in [7, 11) is 0. The van der Waals surface area contributed by atoms with Gasteiger partial charge in [-0.05, 0) is 48.9 Å². The van der Waals surface area contributed by atoms with Gasteiger partial charge in [0.1, 0.15) is 0 Å². The molecule has 0 aliphatic carbocycles. The van der Waals surface area contributed by atoms with E-state index < -0.39 is 0 Å². The Labute approximate surface area is 218 Å². The normalized spacial score (nSPS) is 21.3. The number of rotatable bonds is 2. The first-order valence-corrected chi connectivity index (χ1v) is 13.2. The second-order valence-electron chi connectivity index (χ2n) is 9.81. The van der Waals surface area contributed by atoms with Gasteiger partial charge in [-0.1, -0.05) is 19.1 Å². The Morgan fingerprint density at radius 2 is 1.76 bits per heavy atom. The van der Waals surface area contributed by atoms with E-state index in [0.717, 1.165) is 81.4 Å². The molecule has 8 rings (SSSR count). The number of nitrogens with zero attached hydrogens (tertiary/aromatic N) is 6. The highest BCUT2D eigenvalue weighted by Crippen LogP contribution is 2.21. The van der Waals surface area contributed by atoms with Gasteiger partial charge < -0.3 is 10.6 Å². The minimum absolute atomic E-state index is 0.104. The molecule has 3 aromatic rings. The van der Waals surface area contributed by atoms with Crippen molar-refractivity contribution in [3.05, 3.63) is 66.1 Å². The number of nitrogens with one attached hydrogen (secondary N) is 2. The highest BCUT2D eigenvalue weighted by molar-refractivity contribution is 5.78. The zero-order valence-corrected chi connectivity index (χ0v) is 21.6. The van der Waals surface area contributed by atoms with Gasteiger partial charge in [-0.2, -0.15) is 0 Å². The minimum Gasteiger partial charge on any atom is -0.354 e. The van der Waals surface area contributed by atoms with Crippen molar-refractivity contribution in [1.29, 1.82) is 0 Å². The van der Waals surface area contributed by atoms with Crippen LogP contribution in [0.15, 0.2) is 54.9 Å². The molecule has 1 amide bonds. The van der Waals surface area contributed by atoms with Crippen molar-refractivity contribution in [1.82, 2.24) is 35.0 Å². The smallest absolute Gasteiger partial charge is 0.234 e. The Balaban J connectivity index is 1.37. The van der Waals surface area contributed by atoms with Crippen molar-refractivity contribution in [2.45, 2.75) is 26.4 Å². The van der Waals surface area contributed by atoms with Crippen molar-refractivity contribution in [3.63, 3.8) is 0 Å². The molecule has 0 spiro atoms. The molecule has 0 saturated carbocycles. The molecule has 1 saturated heterocycles. The summed E-state index contributed by atoms with van der Waals surface area (Å²) in [4.78, 5) is 33.5. The molecule has 5 aliphatic rings. The second-order valence-corrected chi connectivity index (χ2v) is 9.81. The summed E-state index contributed by atoms with van der Waals surface area (Å²) in [5.41, 5.74) is 4.99. The fraction of sp³-hybridized carbons (Fsp3) is 0.429. The molecular formula is C28H36N8O. The summed E-state index contributed by atoms with van der Waals surface area (Å²) < 4.78 is 0. The molecule has 5 aliphatic heterocycles. The van der Waals surface area contributed by atoms with Gasteiger partial charge in [0.25, 0.3) is 0 Å². The molecular weight excluding hydrogens is 464 g/mol. The summed E-state index contributed by atoms with van der Waals surface area (Å²) in [5, 5.41) is 6.49. The Kier molecular flexibility index (Phi) is 8.35. The number of anilines is 2. The third-order valence-electron chi connectivity index (χ3n) is 6.87. The van der Waals surface area contributed by atoms with Crippen LogP contribution in [0.1, 0.15) is 24.6 Å². The summed E-state index contributed by atoms with van der Waals surface area (Å²) in [6.07, 6.45) is 4.71. The predicted octanol–water partition coefficient (Wildman–Crippen LogP) is 2.74. The number of piperazine rings is 1. The Morgan fingerprint density at radius 1 is 0.919 bits per heavy atom. The summed E-state index contributed by atoms with van der Waals surface area (Å²) in [5.74, 6) is 0.671. The molecule has 8 bridgehead atoms. The van der Waals surface area contributed by atoms with Gasteiger partial charge in [0, 0.05) is 76.0 Å². The van der Waals surface area contributed by atoms with Crippen LogP contribution in [0.5, 0.6) is 0 Å². The number of aromatic nitrogens is 3. The van der Waals surface area contributed by atoms with Crippen molar-refractivity contribution < 1.29 is 4.79 Å². The molecule has 1 aromatic carbocycles. The van der Waals surface area contributed by atoms with E-state index in [1.54, 1.807) is 6.20 Å². The lowest BCUT2D eigenvalue weighted by atomic mass is 10.1. The monoisotopic (exact) mass is 500 g/mol. The molecule has 0 unspecified atom stereocenters. The van der Waals surface area contributed by atoms with E-state index in [9.17, 15) is 4.79 Å². The van der Waals surface area contributed by atoms with Crippen LogP contribution in [0.25, 0.3) is 11.3 Å². The molecule has 1 fully saturated rings. The molecule has 194 valence electrons. The van der Waals surface area contributed by atoms with Crippen LogP contribution >= 0.6 is 0 Å². The number of carbonyl (C=O) groups is 1. The first-order chi connectivity index (χ1) is 18.1. The van der Waals surface area contributed by atoms with Gasteiger partial charge in [-0.25, -0.2) is 9.97 Å². The van der Waals surface area contributed by atoms with Crippen molar-refractivity contribution in [2.24, 2.45) is 0 Å². The van der Waals surface area contributed by atoms with Gasteiger partial charge >= 0.3 is 0 Å². The average molecular weight is 501 g/mol. The molecule has 2 N–H and O–H groups in total. The zero-order chi connectivity index (χ0) is 25.5. The largest absolute Gasteiger partial charge is 0.354 e. The number of amides is 1. The number of hydrogen-bond donors (Lipinski definition) is 2. The van der Waals surface area contributed by atoms with E-state index in [4.69, 9.17) is 9.97 Å². The quantitative estimate of drug-likeness (QED) is 0.555.